The van der Waals surface area contributed by atoms with Crippen molar-refractivity contribution >= 4 is 0 Å². The van der Waals surface area contributed by atoms with E-state index in [2.05, 4.69) is 20.5 Å². The van der Waals surface area contributed by atoms with Gasteiger partial charge in [-0.25, -0.2) is 13.8 Å². The lowest BCUT2D eigenvalue weighted by Crippen LogP contribution is -2.43. The highest BCUT2D eigenvalue weighted by molar-refractivity contribution is 4.95. The van der Waals surface area contributed by atoms with E-state index in [0.29, 0.717) is 12.4 Å². The highest BCUT2D eigenvalue weighted by Gasteiger charge is 2.35. The molecule has 104 valence electrons. The molecule has 2 N–H and O–H groups in total. The molecule has 4 nitrogen and oxygen atoms in total. The Morgan fingerprint density at radius 2 is 1.89 bits per heavy atom. The lowest BCUT2D eigenvalue weighted by atomic mass is 9.86. The van der Waals surface area contributed by atoms with Crippen LogP contribution in [0.15, 0.2) is 0 Å². The van der Waals surface area contributed by atoms with Gasteiger partial charge in [0, 0.05) is 17.4 Å². The lowest BCUT2D eigenvalue weighted by molar-refractivity contribution is -0.00274. The highest BCUT2D eigenvalue weighted by atomic mass is 19.3. The normalized spacial score (nSPS) is 14.5. The summed E-state index contributed by atoms with van der Waals surface area (Å²) in [5.41, 5.74) is -1.07. The molecule has 18 heavy (non-hydrogen) atoms. The minimum Gasteiger partial charge on any atom is -0.307 e. The maximum Gasteiger partial charge on any atom is 0.245 e. The molecule has 0 saturated carbocycles. The zero-order chi connectivity index (χ0) is 13.9. The molecule has 6 heteroatoms. The molecule has 0 aliphatic rings. The summed E-state index contributed by atoms with van der Waals surface area (Å²) in [7, 11) is 0. The molecule has 0 aliphatic heterocycles. The molecule has 0 saturated heterocycles. The Morgan fingerprint density at radius 1 is 1.28 bits per heavy atom. The summed E-state index contributed by atoms with van der Waals surface area (Å²) >= 11 is 0. The Morgan fingerprint density at radius 3 is 2.33 bits per heavy atom. The van der Waals surface area contributed by atoms with Crippen LogP contribution in [0.25, 0.3) is 0 Å². The molecule has 1 heterocycles. The van der Waals surface area contributed by atoms with Crippen molar-refractivity contribution in [3.63, 3.8) is 0 Å². The van der Waals surface area contributed by atoms with Gasteiger partial charge >= 0.3 is 0 Å². The summed E-state index contributed by atoms with van der Waals surface area (Å²) in [4.78, 5) is 4.29. The van der Waals surface area contributed by atoms with Crippen LogP contribution >= 0.6 is 0 Å². The van der Waals surface area contributed by atoms with E-state index >= 15 is 0 Å². The third-order valence-electron chi connectivity index (χ3n) is 3.32. The fraction of sp³-hybridized carbons (Fsp3) is 0.833. The fourth-order valence-corrected chi connectivity index (χ4v) is 1.35. The average molecular weight is 260 g/mol. The third kappa shape index (κ3) is 3.48. The van der Waals surface area contributed by atoms with Crippen molar-refractivity contribution in [1.82, 2.24) is 20.5 Å². The Kier molecular flexibility index (Phi) is 4.78. The average Bonchev–Trinajstić information content (AvgIpc) is 2.74. The Hall–Kier alpha value is -1.04. The van der Waals surface area contributed by atoms with Crippen molar-refractivity contribution in [3.8, 4) is 0 Å². The fourth-order valence-electron chi connectivity index (χ4n) is 1.35. The molecule has 0 radical (unpaired) electrons. The van der Waals surface area contributed by atoms with Gasteiger partial charge in [-0.2, -0.15) is 5.10 Å². The number of rotatable bonds is 6. The van der Waals surface area contributed by atoms with Crippen LogP contribution in [0.2, 0.25) is 0 Å². The van der Waals surface area contributed by atoms with Crippen LogP contribution in [0.4, 0.5) is 8.78 Å². The molecular formula is C12H22F2N4. The first kappa shape index (κ1) is 15.0. The van der Waals surface area contributed by atoms with Crippen LogP contribution in [0.3, 0.4) is 0 Å². The van der Waals surface area contributed by atoms with Crippen LogP contribution in [-0.2, 0) is 6.54 Å². The lowest BCUT2D eigenvalue weighted by Gasteiger charge is -2.31. The van der Waals surface area contributed by atoms with Gasteiger partial charge in [-0.05, 0) is 6.92 Å². The highest BCUT2D eigenvalue weighted by Crippen LogP contribution is 2.28. The van der Waals surface area contributed by atoms with E-state index < -0.39 is 11.8 Å². The van der Waals surface area contributed by atoms with Gasteiger partial charge in [0.1, 0.15) is 5.82 Å². The van der Waals surface area contributed by atoms with Gasteiger partial charge in [0.2, 0.25) is 6.43 Å². The molecule has 0 aromatic carbocycles. The van der Waals surface area contributed by atoms with Crippen LogP contribution < -0.4 is 5.32 Å². The molecule has 1 aromatic rings. The standard InChI is InChI=1S/C12H22F2N4/c1-7(2)10-16-9(17-18-10)6-15-8(3)12(4,5)11(13)14/h7-8,11,15H,6H2,1-5H3,(H,16,17,18). The van der Waals surface area contributed by atoms with Crippen molar-refractivity contribution in [2.45, 2.75) is 59.5 Å². The van der Waals surface area contributed by atoms with Crippen LogP contribution in [0.1, 0.15) is 52.2 Å². The summed E-state index contributed by atoms with van der Waals surface area (Å²) < 4.78 is 25.6. The minimum atomic E-state index is -2.36. The number of aromatic nitrogens is 3. The van der Waals surface area contributed by atoms with Gasteiger partial charge in [0.05, 0.1) is 6.54 Å². The molecule has 0 fully saturated rings. The minimum absolute atomic E-state index is 0.255. The predicted octanol–water partition coefficient (Wildman–Crippen LogP) is 2.70. The van der Waals surface area contributed by atoms with Crippen LogP contribution in [0, 0.1) is 5.41 Å². The van der Waals surface area contributed by atoms with Gasteiger partial charge in [0.25, 0.3) is 0 Å². The number of halogens is 2. The molecule has 1 aromatic heterocycles. The number of hydrogen-bond acceptors (Lipinski definition) is 3. The summed E-state index contributed by atoms with van der Waals surface area (Å²) in [5, 5.41) is 9.94. The second kappa shape index (κ2) is 5.73. The largest absolute Gasteiger partial charge is 0.307 e. The maximum absolute atomic E-state index is 12.8. The smallest absolute Gasteiger partial charge is 0.245 e. The van der Waals surface area contributed by atoms with Crippen molar-refractivity contribution < 1.29 is 8.78 Å². The summed E-state index contributed by atoms with van der Waals surface area (Å²) in [6.45, 7) is 9.28. The van der Waals surface area contributed by atoms with Gasteiger partial charge in [-0.15, -0.1) is 0 Å². The first-order valence-corrected chi connectivity index (χ1v) is 6.17. The van der Waals surface area contributed by atoms with Gasteiger partial charge in [-0.1, -0.05) is 27.7 Å². The van der Waals surface area contributed by atoms with Crippen LogP contribution in [-0.4, -0.2) is 27.6 Å². The molecule has 0 amide bonds. The van der Waals surface area contributed by atoms with Crippen LogP contribution in [0.5, 0.6) is 0 Å². The van der Waals surface area contributed by atoms with Gasteiger partial charge in [-0.3, -0.25) is 5.10 Å². The Labute approximate surface area is 107 Å². The first-order valence-electron chi connectivity index (χ1n) is 6.17. The third-order valence-corrected chi connectivity index (χ3v) is 3.32. The quantitative estimate of drug-likeness (QED) is 0.827. The van der Waals surface area contributed by atoms with Gasteiger partial charge in [0.15, 0.2) is 5.82 Å². The zero-order valence-corrected chi connectivity index (χ0v) is 11.6. The van der Waals surface area contributed by atoms with Crippen molar-refractivity contribution in [1.29, 1.82) is 0 Å². The number of H-pyrrole nitrogens is 1. The van der Waals surface area contributed by atoms with E-state index in [0.717, 1.165) is 5.82 Å². The van der Waals surface area contributed by atoms with E-state index in [4.69, 9.17) is 0 Å². The number of alkyl halides is 2. The molecular weight excluding hydrogens is 238 g/mol. The number of nitrogens with zero attached hydrogens (tertiary/aromatic N) is 2. The second-order valence-corrected chi connectivity index (χ2v) is 5.52. The summed E-state index contributed by atoms with van der Waals surface area (Å²) in [6.07, 6.45) is -2.36. The molecule has 1 atom stereocenters. The first-order chi connectivity index (χ1) is 8.25. The Balaban J connectivity index is 2.54. The monoisotopic (exact) mass is 260 g/mol. The molecule has 0 aliphatic carbocycles. The van der Waals surface area contributed by atoms with Gasteiger partial charge < -0.3 is 5.32 Å². The van der Waals surface area contributed by atoms with E-state index in [1.807, 2.05) is 13.8 Å². The van der Waals surface area contributed by atoms with Crippen molar-refractivity contribution in [2.75, 3.05) is 0 Å². The maximum atomic E-state index is 12.8. The predicted molar refractivity (Wildman–Crippen MR) is 66.6 cm³/mol. The molecule has 1 unspecified atom stereocenters. The number of aromatic amines is 1. The molecule has 0 spiro atoms. The summed E-state index contributed by atoms with van der Waals surface area (Å²) in [5.74, 6) is 1.67. The Bertz CT molecular complexity index is 374. The molecule has 1 rings (SSSR count). The zero-order valence-electron chi connectivity index (χ0n) is 11.6. The van der Waals surface area contributed by atoms with E-state index in [1.165, 1.54) is 0 Å². The number of hydrogen-bond donors (Lipinski definition) is 2. The van der Waals surface area contributed by atoms with Crippen molar-refractivity contribution in [3.05, 3.63) is 11.6 Å². The second-order valence-electron chi connectivity index (χ2n) is 5.52. The number of nitrogens with one attached hydrogen (secondary N) is 2. The topological polar surface area (TPSA) is 53.6 Å². The van der Waals surface area contributed by atoms with E-state index in [9.17, 15) is 8.78 Å². The molecule has 0 bridgehead atoms. The van der Waals surface area contributed by atoms with Crippen molar-refractivity contribution in [2.24, 2.45) is 5.41 Å². The van der Waals surface area contributed by atoms with E-state index in [-0.39, 0.29) is 12.0 Å². The van der Waals surface area contributed by atoms with E-state index in [1.54, 1.807) is 20.8 Å². The summed E-state index contributed by atoms with van der Waals surface area (Å²) in [6, 6.07) is -0.315. The SMILES string of the molecule is CC(C)c1n[nH]c(CNC(C)C(C)(C)C(F)F)n1.